The number of imidazole rings is 1. The Balaban J connectivity index is 1.25. The first kappa shape index (κ1) is 30.7. The molecule has 2 saturated carbocycles. The normalized spacial score (nSPS) is 24.5. The maximum Gasteiger partial charge on any atom is 0.324 e. The standard InChI is InChI=1S/C29H37N5O8S/c1-4-41-26(38)20(34-43(39,40)16-29-10-9-18(15-23(29)35)28(29,2)3)14-17-5-6-21-19(13-17)32-25(37)22(42-21)7-8-24(36)33-27-30-11-12-31-27/h5-6,11-13,18,20,22,34H,4,7-10,14-16H2,1-3H3,(H,32,37)(H2,30,31,33,36)/t18?,20-,22+,29+/m0/s1. The van der Waals surface area contributed by atoms with Crippen molar-refractivity contribution in [2.75, 3.05) is 23.0 Å². The highest BCUT2D eigenvalue weighted by Crippen LogP contribution is 2.64. The van der Waals surface area contributed by atoms with Crippen molar-refractivity contribution in [2.45, 2.75) is 71.4 Å². The lowest BCUT2D eigenvalue weighted by molar-refractivity contribution is -0.145. The third-order valence-corrected chi connectivity index (χ3v) is 10.7. The summed E-state index contributed by atoms with van der Waals surface area (Å²) >= 11 is 0. The Hall–Kier alpha value is -3.78. The number of rotatable bonds is 12. The molecule has 1 aliphatic heterocycles. The summed E-state index contributed by atoms with van der Waals surface area (Å²) in [5.74, 6) is -1.07. The van der Waals surface area contributed by atoms with Gasteiger partial charge in [0.05, 0.1) is 18.0 Å². The fraction of sp³-hybridized carbons (Fsp3) is 0.552. The van der Waals surface area contributed by atoms with Crippen molar-refractivity contribution in [1.29, 1.82) is 0 Å². The van der Waals surface area contributed by atoms with Crippen LogP contribution in [0.25, 0.3) is 0 Å². The van der Waals surface area contributed by atoms with Gasteiger partial charge < -0.3 is 19.8 Å². The number of esters is 1. The molecule has 13 nitrogen and oxygen atoms in total. The van der Waals surface area contributed by atoms with Crippen LogP contribution in [-0.2, 0) is 40.4 Å². The first-order valence-electron chi connectivity index (χ1n) is 14.4. The molecule has 2 aliphatic carbocycles. The number of hydrogen-bond donors (Lipinski definition) is 4. The minimum absolute atomic E-state index is 0.0261. The van der Waals surface area contributed by atoms with E-state index in [0.717, 1.165) is 6.42 Å². The number of Topliss-reactive ketones (excluding diaryl/α,β-unsaturated/α-hetero) is 1. The second kappa shape index (κ2) is 11.7. The minimum Gasteiger partial charge on any atom is -0.478 e. The molecule has 4 N–H and O–H groups in total. The number of anilines is 2. The molecular formula is C29H37N5O8S. The molecule has 0 radical (unpaired) electrons. The predicted molar refractivity (Wildman–Crippen MR) is 156 cm³/mol. The number of hydrogen-bond acceptors (Lipinski definition) is 9. The summed E-state index contributed by atoms with van der Waals surface area (Å²) in [5.41, 5.74) is -0.517. The molecule has 2 amide bonds. The number of carbonyl (C=O) groups excluding carboxylic acids is 4. The van der Waals surface area contributed by atoms with Crippen LogP contribution in [0.2, 0.25) is 0 Å². The van der Waals surface area contributed by atoms with Crippen molar-refractivity contribution in [1.82, 2.24) is 14.7 Å². The summed E-state index contributed by atoms with van der Waals surface area (Å²) < 4.78 is 40.4. The number of sulfonamides is 1. The average Bonchev–Trinajstić information content (AvgIpc) is 3.57. The molecule has 4 atom stereocenters. The van der Waals surface area contributed by atoms with Gasteiger partial charge in [0.25, 0.3) is 5.91 Å². The van der Waals surface area contributed by atoms with Crippen LogP contribution in [-0.4, -0.2) is 66.5 Å². The van der Waals surface area contributed by atoms with E-state index in [2.05, 4.69) is 25.3 Å². The number of nitrogens with zero attached hydrogens (tertiary/aromatic N) is 1. The molecular weight excluding hydrogens is 578 g/mol. The van der Waals surface area contributed by atoms with Crippen molar-refractivity contribution in [3.63, 3.8) is 0 Å². The molecule has 232 valence electrons. The van der Waals surface area contributed by atoms with Gasteiger partial charge in [0.2, 0.25) is 21.9 Å². The van der Waals surface area contributed by atoms with Crippen molar-refractivity contribution < 1.29 is 37.1 Å². The lowest BCUT2D eigenvalue weighted by Crippen LogP contribution is -2.50. The summed E-state index contributed by atoms with van der Waals surface area (Å²) in [6.45, 7) is 5.60. The first-order chi connectivity index (χ1) is 20.3. The first-order valence-corrected chi connectivity index (χ1v) is 16.1. The molecule has 2 heterocycles. The second-order valence-corrected chi connectivity index (χ2v) is 13.8. The van der Waals surface area contributed by atoms with E-state index in [4.69, 9.17) is 9.47 Å². The van der Waals surface area contributed by atoms with Crippen molar-refractivity contribution in [3.05, 3.63) is 36.2 Å². The van der Waals surface area contributed by atoms with Crippen LogP contribution in [0.15, 0.2) is 30.6 Å². The molecule has 1 aromatic carbocycles. The van der Waals surface area contributed by atoms with E-state index in [1.54, 1.807) is 31.3 Å². The Morgan fingerprint density at radius 2 is 2.05 bits per heavy atom. The predicted octanol–water partition coefficient (Wildman–Crippen LogP) is 2.32. The van der Waals surface area contributed by atoms with E-state index >= 15 is 0 Å². The highest BCUT2D eigenvalue weighted by molar-refractivity contribution is 7.89. The van der Waals surface area contributed by atoms with Crippen LogP contribution < -0.4 is 20.1 Å². The van der Waals surface area contributed by atoms with Crippen molar-refractivity contribution in [3.8, 4) is 5.75 Å². The Kier molecular flexibility index (Phi) is 8.36. The molecule has 1 aromatic heterocycles. The number of ether oxygens (including phenoxy) is 2. The average molecular weight is 616 g/mol. The molecule has 0 saturated heterocycles. The topological polar surface area (TPSA) is 186 Å². The molecule has 2 aromatic rings. The Morgan fingerprint density at radius 3 is 2.70 bits per heavy atom. The van der Waals surface area contributed by atoms with Gasteiger partial charge in [-0.1, -0.05) is 19.9 Å². The van der Waals surface area contributed by atoms with Crippen molar-refractivity contribution >= 4 is 45.2 Å². The van der Waals surface area contributed by atoms with Gasteiger partial charge in [0, 0.05) is 37.1 Å². The number of benzene rings is 1. The van der Waals surface area contributed by atoms with Crippen LogP contribution in [0.3, 0.4) is 0 Å². The van der Waals surface area contributed by atoms with Gasteiger partial charge in [0.15, 0.2) is 6.10 Å². The number of carbonyl (C=O) groups is 4. The Labute approximate surface area is 249 Å². The summed E-state index contributed by atoms with van der Waals surface area (Å²) in [5, 5.41) is 5.36. The zero-order chi connectivity index (χ0) is 31.0. The van der Waals surface area contributed by atoms with Gasteiger partial charge >= 0.3 is 5.97 Å². The lowest BCUT2D eigenvalue weighted by Gasteiger charge is -2.36. The largest absolute Gasteiger partial charge is 0.478 e. The quantitative estimate of drug-likeness (QED) is 0.260. The van der Waals surface area contributed by atoms with Gasteiger partial charge in [-0.25, -0.2) is 18.1 Å². The van der Waals surface area contributed by atoms with Gasteiger partial charge in [-0.05, 0) is 55.2 Å². The van der Waals surface area contributed by atoms with Crippen LogP contribution in [0.5, 0.6) is 5.75 Å². The van der Waals surface area contributed by atoms with E-state index in [1.165, 1.54) is 6.20 Å². The maximum absolute atomic E-state index is 13.4. The highest BCUT2D eigenvalue weighted by Gasteiger charge is 2.65. The summed E-state index contributed by atoms with van der Waals surface area (Å²) in [4.78, 5) is 57.4. The van der Waals surface area contributed by atoms with Gasteiger partial charge in [-0.15, -0.1) is 0 Å². The number of amides is 2. The van der Waals surface area contributed by atoms with Crippen LogP contribution >= 0.6 is 0 Å². The van der Waals surface area contributed by atoms with Crippen LogP contribution in [0.1, 0.15) is 58.4 Å². The van der Waals surface area contributed by atoms with Gasteiger partial charge in [-0.2, -0.15) is 0 Å². The number of nitrogens with one attached hydrogen (secondary N) is 4. The van der Waals surface area contributed by atoms with E-state index in [0.29, 0.717) is 35.8 Å². The molecule has 43 heavy (non-hydrogen) atoms. The number of aromatic amines is 1. The number of ketones is 1. The fourth-order valence-corrected chi connectivity index (χ4v) is 8.67. The van der Waals surface area contributed by atoms with Crippen LogP contribution in [0.4, 0.5) is 11.6 Å². The lowest BCUT2D eigenvalue weighted by atomic mass is 9.70. The molecule has 3 aliphatic rings. The monoisotopic (exact) mass is 615 g/mol. The van der Waals surface area contributed by atoms with Crippen LogP contribution in [0, 0.1) is 16.7 Å². The highest BCUT2D eigenvalue weighted by atomic mass is 32.2. The number of fused-ring (bicyclic) bond motifs is 3. The summed E-state index contributed by atoms with van der Waals surface area (Å²) in [7, 11) is -4.06. The molecule has 5 rings (SSSR count). The van der Waals surface area contributed by atoms with Gasteiger partial charge in [-0.3, -0.25) is 24.5 Å². The Bertz CT molecular complexity index is 1520. The second-order valence-electron chi connectivity index (χ2n) is 12.0. The van der Waals surface area contributed by atoms with Gasteiger partial charge in [0.1, 0.15) is 17.6 Å². The summed E-state index contributed by atoms with van der Waals surface area (Å²) in [6.07, 6.45) is 3.99. The molecule has 0 spiro atoms. The molecule has 2 bridgehead atoms. The summed E-state index contributed by atoms with van der Waals surface area (Å²) in [6, 6.07) is 3.66. The van der Waals surface area contributed by atoms with E-state index in [9.17, 15) is 27.6 Å². The van der Waals surface area contributed by atoms with E-state index in [1.807, 2.05) is 13.8 Å². The van der Waals surface area contributed by atoms with E-state index < -0.39 is 44.9 Å². The fourth-order valence-electron chi connectivity index (χ4n) is 6.65. The molecule has 2 fully saturated rings. The molecule has 14 heteroatoms. The SMILES string of the molecule is CCOC(=O)[C@H](Cc1ccc2c(c1)NC(=O)[C@@H](CCC(=O)Nc1ncc[nH]1)O2)NS(=O)(=O)C[C@]12CCC(CC1=O)C2(C)C. The number of aromatic nitrogens is 2. The van der Waals surface area contributed by atoms with E-state index in [-0.39, 0.29) is 49.2 Å². The minimum atomic E-state index is -4.06. The Morgan fingerprint density at radius 1 is 1.26 bits per heavy atom. The molecule has 1 unspecified atom stereocenters. The van der Waals surface area contributed by atoms with Crippen molar-refractivity contribution in [2.24, 2.45) is 16.7 Å². The zero-order valence-electron chi connectivity index (χ0n) is 24.4. The number of H-pyrrole nitrogens is 1. The zero-order valence-corrected chi connectivity index (χ0v) is 25.2. The third kappa shape index (κ3) is 6.16. The third-order valence-electron chi connectivity index (χ3n) is 9.16. The smallest absolute Gasteiger partial charge is 0.324 e. The maximum atomic E-state index is 13.4.